The molecule has 76 valence electrons. The van der Waals surface area contributed by atoms with Crippen LogP contribution in [0.15, 0.2) is 12.1 Å². The number of anilines is 1. The van der Waals surface area contributed by atoms with E-state index in [0.717, 1.165) is 18.7 Å². The van der Waals surface area contributed by atoms with E-state index in [0.29, 0.717) is 11.9 Å². The van der Waals surface area contributed by atoms with Gasteiger partial charge in [-0.15, -0.1) is 5.10 Å². The summed E-state index contributed by atoms with van der Waals surface area (Å²) < 4.78 is 0. The minimum absolute atomic E-state index is 0.491. The van der Waals surface area contributed by atoms with Gasteiger partial charge in [0.25, 0.3) is 0 Å². The molecule has 4 nitrogen and oxygen atoms in total. The lowest BCUT2D eigenvalue weighted by Crippen LogP contribution is -2.35. The van der Waals surface area contributed by atoms with Gasteiger partial charge in [0, 0.05) is 12.5 Å². The lowest BCUT2D eigenvalue weighted by Gasteiger charge is -2.22. The first-order valence-corrected chi connectivity index (χ1v) is 5.16. The summed E-state index contributed by atoms with van der Waals surface area (Å²) in [5.74, 6) is 0.491. The molecule has 3 N–H and O–H groups in total. The van der Waals surface area contributed by atoms with Gasteiger partial charge in [-0.3, -0.25) is 0 Å². The number of nitrogens with one attached hydrogen (secondary N) is 1. The van der Waals surface area contributed by atoms with Gasteiger partial charge in [-0.25, -0.2) is 0 Å². The quantitative estimate of drug-likeness (QED) is 0.725. The maximum atomic E-state index is 5.47. The fourth-order valence-electron chi connectivity index (χ4n) is 1.83. The van der Waals surface area contributed by atoms with E-state index in [2.05, 4.69) is 15.5 Å². The van der Waals surface area contributed by atoms with Crippen molar-refractivity contribution >= 4 is 5.82 Å². The molecule has 4 heteroatoms. The van der Waals surface area contributed by atoms with Gasteiger partial charge < -0.3 is 11.1 Å². The van der Waals surface area contributed by atoms with Crippen molar-refractivity contribution in [1.29, 1.82) is 0 Å². The van der Waals surface area contributed by atoms with Crippen molar-refractivity contribution in [3.8, 4) is 0 Å². The summed E-state index contributed by atoms with van der Waals surface area (Å²) in [7, 11) is 0. The Morgan fingerprint density at radius 1 is 1.36 bits per heavy atom. The van der Waals surface area contributed by atoms with Crippen molar-refractivity contribution in [2.45, 2.75) is 31.7 Å². The Hall–Kier alpha value is -1.16. The van der Waals surface area contributed by atoms with Crippen LogP contribution in [-0.4, -0.2) is 22.8 Å². The molecule has 1 aliphatic rings. The van der Waals surface area contributed by atoms with Crippen molar-refractivity contribution in [3.05, 3.63) is 17.8 Å². The van der Waals surface area contributed by atoms with Crippen molar-refractivity contribution in [2.24, 2.45) is 0 Å². The molecule has 2 rings (SSSR count). The third kappa shape index (κ3) is 2.42. The maximum Gasteiger partial charge on any atom is 0.146 e. The Morgan fingerprint density at radius 3 is 2.93 bits per heavy atom. The molecule has 1 saturated heterocycles. The van der Waals surface area contributed by atoms with Crippen LogP contribution >= 0.6 is 0 Å². The number of hydrogen-bond donors (Lipinski definition) is 2. The maximum absolute atomic E-state index is 5.47. The Bertz CT molecular complexity index is 277. The van der Waals surface area contributed by atoms with E-state index < -0.39 is 0 Å². The SMILES string of the molecule is Nc1ccc(CC2CCCCN2)nn1. The highest BCUT2D eigenvalue weighted by molar-refractivity contribution is 5.25. The third-order valence-electron chi connectivity index (χ3n) is 2.61. The van der Waals surface area contributed by atoms with Gasteiger partial charge in [0.1, 0.15) is 5.82 Å². The summed E-state index contributed by atoms with van der Waals surface area (Å²) in [5.41, 5.74) is 6.50. The van der Waals surface area contributed by atoms with Gasteiger partial charge >= 0.3 is 0 Å². The molecule has 0 radical (unpaired) electrons. The fourth-order valence-corrected chi connectivity index (χ4v) is 1.83. The van der Waals surface area contributed by atoms with E-state index in [1.54, 1.807) is 0 Å². The third-order valence-corrected chi connectivity index (χ3v) is 2.61. The molecule has 14 heavy (non-hydrogen) atoms. The van der Waals surface area contributed by atoms with Crippen LogP contribution in [0.2, 0.25) is 0 Å². The van der Waals surface area contributed by atoms with Gasteiger partial charge in [0.2, 0.25) is 0 Å². The normalized spacial score (nSPS) is 22.1. The van der Waals surface area contributed by atoms with E-state index >= 15 is 0 Å². The van der Waals surface area contributed by atoms with Gasteiger partial charge in [-0.2, -0.15) is 5.10 Å². The predicted molar refractivity (Wildman–Crippen MR) is 55.8 cm³/mol. The topological polar surface area (TPSA) is 63.8 Å². The van der Waals surface area contributed by atoms with Crippen LogP contribution < -0.4 is 11.1 Å². The second-order valence-corrected chi connectivity index (χ2v) is 3.80. The van der Waals surface area contributed by atoms with Crippen LogP contribution in [0.3, 0.4) is 0 Å². The highest BCUT2D eigenvalue weighted by Crippen LogP contribution is 2.11. The number of rotatable bonds is 2. The molecular formula is C10H16N4. The Kier molecular flexibility index (Phi) is 2.93. The second-order valence-electron chi connectivity index (χ2n) is 3.80. The van der Waals surface area contributed by atoms with Crippen LogP contribution in [0.25, 0.3) is 0 Å². The molecule has 2 heterocycles. The number of piperidine rings is 1. The standard InChI is InChI=1S/C10H16N4/c11-10-5-4-9(13-14-10)7-8-3-1-2-6-12-8/h4-5,8,12H,1-3,6-7H2,(H2,11,14). The molecule has 0 spiro atoms. The molecule has 1 fully saturated rings. The molecule has 0 saturated carbocycles. The van der Waals surface area contributed by atoms with Crippen molar-refractivity contribution in [2.75, 3.05) is 12.3 Å². The van der Waals surface area contributed by atoms with E-state index in [1.807, 2.05) is 12.1 Å². The zero-order valence-corrected chi connectivity index (χ0v) is 8.24. The number of aromatic nitrogens is 2. The molecule has 0 aliphatic carbocycles. The molecule has 0 aromatic carbocycles. The summed E-state index contributed by atoms with van der Waals surface area (Å²) in [4.78, 5) is 0. The summed E-state index contributed by atoms with van der Waals surface area (Å²) in [6, 6.07) is 4.34. The average molecular weight is 192 g/mol. The number of nitrogen functional groups attached to an aromatic ring is 1. The number of nitrogens with two attached hydrogens (primary N) is 1. The Morgan fingerprint density at radius 2 is 2.29 bits per heavy atom. The second kappa shape index (κ2) is 4.37. The molecule has 0 amide bonds. The minimum atomic E-state index is 0.491. The zero-order chi connectivity index (χ0) is 9.80. The summed E-state index contributed by atoms with van der Waals surface area (Å²) in [6.07, 6.45) is 4.82. The largest absolute Gasteiger partial charge is 0.382 e. The van der Waals surface area contributed by atoms with Gasteiger partial charge in [-0.1, -0.05) is 6.42 Å². The number of nitrogens with zero attached hydrogens (tertiary/aromatic N) is 2. The van der Waals surface area contributed by atoms with E-state index in [1.165, 1.54) is 19.3 Å². The molecule has 1 aliphatic heterocycles. The van der Waals surface area contributed by atoms with Crippen molar-refractivity contribution in [3.63, 3.8) is 0 Å². The first-order chi connectivity index (χ1) is 6.84. The smallest absolute Gasteiger partial charge is 0.146 e. The molecule has 1 aromatic rings. The Labute approximate surface area is 83.9 Å². The van der Waals surface area contributed by atoms with Gasteiger partial charge in [-0.05, 0) is 31.5 Å². The highest BCUT2D eigenvalue weighted by atomic mass is 15.1. The molecule has 1 atom stereocenters. The van der Waals surface area contributed by atoms with Crippen LogP contribution in [0.5, 0.6) is 0 Å². The zero-order valence-electron chi connectivity index (χ0n) is 8.24. The van der Waals surface area contributed by atoms with Crippen LogP contribution in [0, 0.1) is 0 Å². The van der Waals surface area contributed by atoms with E-state index in [4.69, 9.17) is 5.73 Å². The average Bonchev–Trinajstić information content (AvgIpc) is 2.23. The van der Waals surface area contributed by atoms with Gasteiger partial charge in [0.05, 0.1) is 5.69 Å². The van der Waals surface area contributed by atoms with Crippen LogP contribution in [0.4, 0.5) is 5.82 Å². The summed E-state index contributed by atoms with van der Waals surface area (Å²) in [5, 5.41) is 11.4. The fraction of sp³-hybridized carbons (Fsp3) is 0.600. The molecule has 1 aromatic heterocycles. The number of hydrogen-bond acceptors (Lipinski definition) is 4. The van der Waals surface area contributed by atoms with Crippen LogP contribution in [0.1, 0.15) is 25.0 Å². The Balaban J connectivity index is 1.92. The summed E-state index contributed by atoms with van der Waals surface area (Å²) in [6.45, 7) is 1.13. The lowest BCUT2D eigenvalue weighted by atomic mass is 10.0. The predicted octanol–water partition coefficient (Wildman–Crippen LogP) is 0.743. The highest BCUT2D eigenvalue weighted by Gasteiger charge is 2.13. The van der Waals surface area contributed by atoms with E-state index in [-0.39, 0.29) is 0 Å². The van der Waals surface area contributed by atoms with E-state index in [9.17, 15) is 0 Å². The van der Waals surface area contributed by atoms with Crippen molar-refractivity contribution < 1.29 is 0 Å². The van der Waals surface area contributed by atoms with Crippen LogP contribution in [-0.2, 0) is 6.42 Å². The molecule has 0 bridgehead atoms. The monoisotopic (exact) mass is 192 g/mol. The van der Waals surface area contributed by atoms with Crippen molar-refractivity contribution in [1.82, 2.24) is 15.5 Å². The summed E-state index contributed by atoms with van der Waals surface area (Å²) >= 11 is 0. The molecular weight excluding hydrogens is 176 g/mol. The molecule has 1 unspecified atom stereocenters. The minimum Gasteiger partial charge on any atom is -0.382 e. The van der Waals surface area contributed by atoms with Gasteiger partial charge in [0.15, 0.2) is 0 Å². The first-order valence-electron chi connectivity index (χ1n) is 5.16. The first kappa shape index (κ1) is 9.40. The lowest BCUT2D eigenvalue weighted by molar-refractivity contribution is 0.396.